The van der Waals surface area contributed by atoms with Crippen LogP contribution in [0, 0.1) is 6.92 Å². The van der Waals surface area contributed by atoms with Crippen LogP contribution in [0.25, 0.3) is 5.82 Å². The van der Waals surface area contributed by atoms with E-state index in [4.69, 9.17) is 0 Å². The van der Waals surface area contributed by atoms with Crippen molar-refractivity contribution >= 4 is 5.96 Å². The molecule has 2 N–H and O–H groups in total. The van der Waals surface area contributed by atoms with Crippen LogP contribution in [0.3, 0.4) is 0 Å². The molecule has 0 fully saturated rings. The van der Waals surface area contributed by atoms with Gasteiger partial charge < -0.3 is 10.6 Å². The van der Waals surface area contributed by atoms with Crippen LogP contribution < -0.4 is 10.6 Å². The lowest BCUT2D eigenvalue weighted by Gasteiger charge is -2.27. The average molecular weight is 405 g/mol. The van der Waals surface area contributed by atoms with Gasteiger partial charge in [0.05, 0.1) is 0 Å². The van der Waals surface area contributed by atoms with E-state index < -0.39 is 0 Å². The lowest BCUT2D eigenvalue weighted by Crippen LogP contribution is -2.43. The normalized spacial score (nSPS) is 12.1. The van der Waals surface area contributed by atoms with E-state index in [1.165, 1.54) is 11.1 Å². The van der Waals surface area contributed by atoms with Crippen molar-refractivity contribution in [1.82, 2.24) is 25.2 Å². The van der Waals surface area contributed by atoms with Crippen LogP contribution in [-0.4, -0.2) is 34.1 Å². The van der Waals surface area contributed by atoms with E-state index in [1.54, 1.807) is 13.2 Å². The van der Waals surface area contributed by atoms with E-state index >= 15 is 0 Å². The zero-order valence-corrected chi connectivity index (χ0v) is 18.6. The van der Waals surface area contributed by atoms with E-state index in [-0.39, 0.29) is 5.41 Å². The molecule has 0 saturated heterocycles. The molecule has 0 radical (unpaired) electrons. The van der Waals surface area contributed by atoms with Crippen molar-refractivity contribution in [1.29, 1.82) is 0 Å². The Balaban J connectivity index is 1.55. The molecule has 0 aliphatic heterocycles. The molecular formula is C24H32N6. The fourth-order valence-corrected chi connectivity index (χ4v) is 3.29. The molecule has 0 amide bonds. The van der Waals surface area contributed by atoms with Gasteiger partial charge in [0.15, 0.2) is 5.96 Å². The molecule has 0 unspecified atom stereocenters. The minimum atomic E-state index is -0.00421. The van der Waals surface area contributed by atoms with Crippen LogP contribution >= 0.6 is 0 Å². The molecule has 6 nitrogen and oxygen atoms in total. The number of benzene rings is 1. The number of hydrogen-bond donors (Lipinski definition) is 2. The summed E-state index contributed by atoms with van der Waals surface area (Å²) < 4.78 is 1.97. The SMILES string of the molecule is CCc1ccc(C(C)(C)CNC(=NC)NCc2ccc(-n3ccnc3C)nc2)cc1. The number of nitrogens with zero attached hydrogens (tertiary/aromatic N) is 4. The maximum atomic E-state index is 4.55. The van der Waals surface area contributed by atoms with Crippen LogP contribution in [0.4, 0.5) is 0 Å². The third kappa shape index (κ3) is 5.26. The van der Waals surface area contributed by atoms with Crippen LogP contribution in [-0.2, 0) is 18.4 Å². The number of nitrogens with one attached hydrogen (secondary N) is 2. The summed E-state index contributed by atoms with van der Waals surface area (Å²) in [5.41, 5.74) is 3.77. The van der Waals surface area contributed by atoms with Crippen molar-refractivity contribution in [3.05, 3.63) is 77.5 Å². The number of rotatable bonds is 7. The van der Waals surface area contributed by atoms with E-state index in [2.05, 4.69) is 76.7 Å². The van der Waals surface area contributed by atoms with Crippen LogP contribution in [0.5, 0.6) is 0 Å². The van der Waals surface area contributed by atoms with Crippen molar-refractivity contribution in [2.75, 3.05) is 13.6 Å². The van der Waals surface area contributed by atoms with E-state index in [0.717, 1.165) is 36.1 Å². The second kappa shape index (κ2) is 9.57. The second-order valence-electron chi connectivity index (χ2n) is 8.08. The molecule has 1 aromatic carbocycles. The number of pyridine rings is 1. The largest absolute Gasteiger partial charge is 0.356 e. The third-order valence-corrected chi connectivity index (χ3v) is 5.41. The highest BCUT2D eigenvalue weighted by molar-refractivity contribution is 5.79. The summed E-state index contributed by atoms with van der Waals surface area (Å²) >= 11 is 0. The number of imidazole rings is 1. The van der Waals surface area contributed by atoms with Gasteiger partial charge in [-0.3, -0.25) is 9.56 Å². The Kier molecular flexibility index (Phi) is 6.87. The van der Waals surface area contributed by atoms with Gasteiger partial charge in [-0.2, -0.15) is 0 Å². The standard InChI is InChI=1S/C24H32N6/c1-6-19-7-10-21(11-8-19)24(3,4)17-29-23(25-5)28-16-20-9-12-22(27-15-20)30-14-13-26-18(30)2/h7-15H,6,16-17H2,1-5H3,(H2,25,28,29). The van der Waals surface area contributed by atoms with Gasteiger partial charge in [-0.15, -0.1) is 0 Å². The monoisotopic (exact) mass is 404 g/mol. The van der Waals surface area contributed by atoms with Gasteiger partial charge in [0.25, 0.3) is 0 Å². The molecule has 0 aliphatic rings. The first-order valence-electron chi connectivity index (χ1n) is 10.4. The molecule has 2 aromatic heterocycles. The summed E-state index contributed by atoms with van der Waals surface area (Å²) in [6.07, 6.45) is 6.64. The van der Waals surface area contributed by atoms with Crippen molar-refractivity contribution in [2.45, 2.75) is 46.1 Å². The average Bonchev–Trinajstić information content (AvgIpc) is 3.20. The van der Waals surface area contributed by atoms with Crippen LogP contribution in [0.2, 0.25) is 0 Å². The zero-order chi connectivity index (χ0) is 21.6. The Morgan fingerprint density at radius 2 is 1.77 bits per heavy atom. The smallest absolute Gasteiger partial charge is 0.191 e. The molecule has 0 saturated carbocycles. The summed E-state index contributed by atoms with van der Waals surface area (Å²) in [7, 11) is 1.79. The number of guanidine groups is 1. The Morgan fingerprint density at radius 3 is 2.33 bits per heavy atom. The van der Waals surface area contributed by atoms with Crippen molar-refractivity contribution in [2.24, 2.45) is 4.99 Å². The number of aliphatic imine (C=N–C) groups is 1. The van der Waals surface area contributed by atoms with Gasteiger partial charge >= 0.3 is 0 Å². The number of hydrogen-bond acceptors (Lipinski definition) is 3. The zero-order valence-electron chi connectivity index (χ0n) is 18.6. The van der Waals surface area contributed by atoms with E-state index in [0.29, 0.717) is 6.54 Å². The van der Waals surface area contributed by atoms with Gasteiger partial charge in [-0.05, 0) is 36.1 Å². The van der Waals surface area contributed by atoms with Crippen molar-refractivity contribution in [3.8, 4) is 5.82 Å². The lowest BCUT2D eigenvalue weighted by molar-refractivity contribution is 0.508. The molecular weight excluding hydrogens is 372 g/mol. The predicted molar refractivity (Wildman–Crippen MR) is 123 cm³/mol. The summed E-state index contributed by atoms with van der Waals surface area (Å²) in [5, 5.41) is 6.83. The van der Waals surface area contributed by atoms with Gasteiger partial charge in [-0.25, -0.2) is 9.97 Å². The summed E-state index contributed by atoms with van der Waals surface area (Å²) in [5.74, 6) is 2.57. The summed E-state index contributed by atoms with van der Waals surface area (Å²) in [6.45, 7) is 10.1. The maximum Gasteiger partial charge on any atom is 0.191 e. The fraction of sp³-hybridized carbons (Fsp3) is 0.375. The Bertz CT molecular complexity index is 968. The molecule has 0 bridgehead atoms. The first kappa shape index (κ1) is 21.6. The minimum Gasteiger partial charge on any atom is -0.356 e. The highest BCUT2D eigenvalue weighted by Crippen LogP contribution is 2.22. The highest BCUT2D eigenvalue weighted by atomic mass is 15.2. The van der Waals surface area contributed by atoms with Crippen LogP contribution in [0.15, 0.2) is 60.0 Å². The first-order chi connectivity index (χ1) is 14.4. The molecule has 2 heterocycles. The van der Waals surface area contributed by atoms with Gasteiger partial charge in [-0.1, -0.05) is 51.1 Å². The summed E-state index contributed by atoms with van der Waals surface area (Å²) in [6, 6.07) is 13.0. The Hall–Kier alpha value is -3.15. The molecule has 3 aromatic rings. The number of aryl methyl sites for hydroxylation is 2. The van der Waals surface area contributed by atoms with Crippen molar-refractivity contribution in [3.63, 3.8) is 0 Å². The Labute approximate surface area is 179 Å². The molecule has 0 spiro atoms. The van der Waals surface area contributed by atoms with E-state index in [1.807, 2.05) is 30.0 Å². The Morgan fingerprint density at radius 1 is 1.03 bits per heavy atom. The molecule has 6 heteroatoms. The summed E-state index contributed by atoms with van der Waals surface area (Å²) in [4.78, 5) is 13.1. The fourth-order valence-electron chi connectivity index (χ4n) is 3.29. The predicted octanol–water partition coefficient (Wildman–Crippen LogP) is 3.78. The molecule has 158 valence electrons. The topological polar surface area (TPSA) is 67.1 Å². The quantitative estimate of drug-likeness (QED) is 0.465. The number of aromatic nitrogens is 3. The molecule has 3 rings (SSSR count). The minimum absolute atomic E-state index is 0.00421. The second-order valence-corrected chi connectivity index (χ2v) is 8.08. The third-order valence-electron chi connectivity index (χ3n) is 5.41. The molecule has 0 aliphatic carbocycles. The molecule has 0 atom stereocenters. The van der Waals surface area contributed by atoms with Crippen molar-refractivity contribution < 1.29 is 0 Å². The van der Waals surface area contributed by atoms with E-state index in [9.17, 15) is 0 Å². The maximum absolute atomic E-state index is 4.55. The van der Waals surface area contributed by atoms with Gasteiger partial charge in [0, 0.05) is 44.1 Å². The van der Waals surface area contributed by atoms with Gasteiger partial charge in [0.1, 0.15) is 11.6 Å². The lowest BCUT2D eigenvalue weighted by atomic mass is 9.84. The highest BCUT2D eigenvalue weighted by Gasteiger charge is 2.20. The van der Waals surface area contributed by atoms with Gasteiger partial charge in [0.2, 0.25) is 0 Å². The molecule has 30 heavy (non-hydrogen) atoms. The van der Waals surface area contributed by atoms with Crippen LogP contribution in [0.1, 0.15) is 43.3 Å². The first-order valence-corrected chi connectivity index (χ1v) is 10.4.